The van der Waals surface area contributed by atoms with Gasteiger partial charge in [0.2, 0.25) is 0 Å². The Morgan fingerprint density at radius 1 is 1.21 bits per heavy atom. The summed E-state index contributed by atoms with van der Waals surface area (Å²) in [5, 5.41) is 8.72. The van der Waals surface area contributed by atoms with Crippen molar-refractivity contribution in [2.24, 2.45) is 0 Å². The molecule has 0 radical (unpaired) electrons. The third kappa shape index (κ3) is 2.15. The second-order valence-electron chi connectivity index (χ2n) is 2.58. The van der Waals surface area contributed by atoms with E-state index >= 15 is 0 Å². The summed E-state index contributed by atoms with van der Waals surface area (Å²) in [6.07, 6.45) is 0. The average Bonchev–Trinajstić information content (AvgIpc) is 2.50. The quantitative estimate of drug-likeness (QED) is 0.782. The van der Waals surface area contributed by atoms with Crippen molar-refractivity contribution in [1.82, 2.24) is 10.2 Å². The van der Waals surface area contributed by atoms with E-state index in [1.807, 2.05) is 0 Å². The summed E-state index contributed by atoms with van der Waals surface area (Å²) in [5.74, 6) is 0. The summed E-state index contributed by atoms with van der Waals surface area (Å²) in [4.78, 5) is 0. The molecule has 0 bridgehead atoms. The average molecular weight is 263 g/mol. The fourth-order valence-electron chi connectivity index (χ4n) is 1.03. The standard InChI is InChI=1S/C8H4Cl2N2S2/c9-5-1-4(2-6(10)3-5)7-11-12-8(13)14-7/h1-3H,(H,12,13). The summed E-state index contributed by atoms with van der Waals surface area (Å²) in [6.45, 7) is 0. The van der Waals surface area contributed by atoms with E-state index in [0.717, 1.165) is 10.6 Å². The highest BCUT2D eigenvalue weighted by Crippen LogP contribution is 2.28. The van der Waals surface area contributed by atoms with Gasteiger partial charge in [0, 0.05) is 15.6 Å². The van der Waals surface area contributed by atoms with Crippen molar-refractivity contribution in [3.8, 4) is 10.6 Å². The van der Waals surface area contributed by atoms with E-state index in [0.29, 0.717) is 14.0 Å². The molecule has 6 heteroatoms. The molecule has 0 spiro atoms. The van der Waals surface area contributed by atoms with E-state index in [1.165, 1.54) is 11.3 Å². The van der Waals surface area contributed by atoms with Gasteiger partial charge in [-0.1, -0.05) is 34.5 Å². The Balaban J connectivity index is 2.56. The Bertz CT molecular complexity index is 498. The monoisotopic (exact) mass is 262 g/mol. The highest BCUT2D eigenvalue weighted by molar-refractivity contribution is 7.73. The lowest BCUT2D eigenvalue weighted by Crippen LogP contribution is -1.77. The van der Waals surface area contributed by atoms with Crippen LogP contribution in [0.3, 0.4) is 0 Å². The van der Waals surface area contributed by atoms with Crippen molar-refractivity contribution < 1.29 is 0 Å². The lowest BCUT2D eigenvalue weighted by molar-refractivity contribution is 1.08. The highest BCUT2D eigenvalue weighted by Gasteiger charge is 2.04. The molecular formula is C8H4Cl2N2S2. The number of benzene rings is 1. The SMILES string of the molecule is S=c1[nH]nc(-c2cc(Cl)cc(Cl)c2)s1. The molecule has 1 heterocycles. The van der Waals surface area contributed by atoms with Crippen LogP contribution < -0.4 is 0 Å². The Morgan fingerprint density at radius 2 is 1.86 bits per heavy atom. The van der Waals surface area contributed by atoms with Crippen molar-refractivity contribution in [3.05, 3.63) is 32.2 Å². The van der Waals surface area contributed by atoms with Crippen LogP contribution in [0.15, 0.2) is 18.2 Å². The number of hydrogen-bond acceptors (Lipinski definition) is 3. The smallest absolute Gasteiger partial charge is 0.176 e. The molecule has 1 aromatic heterocycles. The Morgan fingerprint density at radius 3 is 2.36 bits per heavy atom. The van der Waals surface area contributed by atoms with Gasteiger partial charge >= 0.3 is 0 Å². The number of halogens is 2. The molecule has 0 amide bonds. The van der Waals surface area contributed by atoms with Gasteiger partial charge in [-0.3, -0.25) is 5.10 Å². The van der Waals surface area contributed by atoms with Gasteiger partial charge in [0.05, 0.1) is 0 Å². The molecule has 1 N–H and O–H groups in total. The molecule has 0 aliphatic rings. The molecular weight excluding hydrogens is 259 g/mol. The second kappa shape index (κ2) is 3.98. The van der Waals surface area contributed by atoms with E-state index in [2.05, 4.69) is 10.2 Å². The summed E-state index contributed by atoms with van der Waals surface area (Å²) < 4.78 is 0.635. The van der Waals surface area contributed by atoms with Crippen molar-refractivity contribution >= 4 is 46.8 Å². The molecule has 0 aliphatic heterocycles. The van der Waals surface area contributed by atoms with Gasteiger partial charge in [-0.2, -0.15) is 5.10 Å². The van der Waals surface area contributed by atoms with Gasteiger partial charge in [0.1, 0.15) is 5.01 Å². The molecule has 2 rings (SSSR count). The first kappa shape index (κ1) is 10.1. The molecule has 1 aromatic carbocycles. The first-order chi connectivity index (χ1) is 6.65. The second-order valence-corrected chi connectivity index (χ2v) is 5.12. The molecule has 0 atom stereocenters. The zero-order valence-corrected chi connectivity index (χ0v) is 9.90. The molecule has 0 saturated heterocycles. The number of aromatic amines is 1. The van der Waals surface area contributed by atoms with Crippen LogP contribution in [-0.4, -0.2) is 10.2 Å². The van der Waals surface area contributed by atoms with Crippen LogP contribution in [-0.2, 0) is 0 Å². The minimum Gasteiger partial charge on any atom is -0.258 e. The predicted molar refractivity (Wildman–Crippen MR) is 62.8 cm³/mol. The summed E-state index contributed by atoms with van der Waals surface area (Å²) in [5.41, 5.74) is 0.875. The van der Waals surface area contributed by atoms with Crippen molar-refractivity contribution in [1.29, 1.82) is 0 Å². The van der Waals surface area contributed by atoms with Crippen molar-refractivity contribution in [3.63, 3.8) is 0 Å². The van der Waals surface area contributed by atoms with E-state index in [9.17, 15) is 0 Å². The van der Waals surface area contributed by atoms with Crippen molar-refractivity contribution in [2.75, 3.05) is 0 Å². The first-order valence-electron chi connectivity index (χ1n) is 3.67. The number of H-pyrrole nitrogens is 1. The summed E-state index contributed by atoms with van der Waals surface area (Å²) >= 11 is 18.0. The minimum absolute atomic E-state index is 0.591. The highest BCUT2D eigenvalue weighted by atomic mass is 35.5. The van der Waals surface area contributed by atoms with Gasteiger partial charge in [-0.25, -0.2) is 0 Å². The van der Waals surface area contributed by atoms with Crippen molar-refractivity contribution in [2.45, 2.75) is 0 Å². The van der Waals surface area contributed by atoms with Gasteiger partial charge < -0.3 is 0 Å². The van der Waals surface area contributed by atoms with Gasteiger partial charge in [-0.05, 0) is 30.4 Å². The molecule has 0 aliphatic carbocycles. The van der Waals surface area contributed by atoms with Crippen LogP contribution in [0.1, 0.15) is 0 Å². The van der Waals surface area contributed by atoms with E-state index in [1.54, 1.807) is 18.2 Å². The Kier molecular flexibility index (Phi) is 2.88. The Hall–Kier alpha value is -0.420. The number of rotatable bonds is 1. The van der Waals surface area contributed by atoms with E-state index < -0.39 is 0 Å². The van der Waals surface area contributed by atoms with Gasteiger partial charge in [0.25, 0.3) is 0 Å². The molecule has 0 saturated carbocycles. The molecule has 14 heavy (non-hydrogen) atoms. The molecule has 2 aromatic rings. The van der Waals surface area contributed by atoms with Crippen LogP contribution >= 0.6 is 46.8 Å². The fraction of sp³-hybridized carbons (Fsp3) is 0. The molecule has 0 fully saturated rings. The first-order valence-corrected chi connectivity index (χ1v) is 5.65. The number of nitrogens with zero attached hydrogens (tertiary/aromatic N) is 1. The largest absolute Gasteiger partial charge is 0.258 e. The third-order valence-electron chi connectivity index (χ3n) is 1.55. The van der Waals surface area contributed by atoms with Crippen LogP contribution in [0, 0.1) is 3.95 Å². The van der Waals surface area contributed by atoms with Crippen LogP contribution in [0.25, 0.3) is 10.6 Å². The predicted octanol–water partition coefficient (Wildman–Crippen LogP) is 4.17. The van der Waals surface area contributed by atoms with E-state index in [-0.39, 0.29) is 0 Å². The number of aromatic nitrogens is 2. The summed E-state index contributed by atoms with van der Waals surface area (Å²) in [6, 6.07) is 5.28. The van der Waals surface area contributed by atoms with E-state index in [4.69, 9.17) is 35.4 Å². The Labute approximate surface area is 99.5 Å². The van der Waals surface area contributed by atoms with Gasteiger partial charge in [0.15, 0.2) is 3.95 Å². The summed E-state index contributed by atoms with van der Waals surface area (Å²) in [7, 11) is 0. The van der Waals surface area contributed by atoms with Crippen LogP contribution in [0.4, 0.5) is 0 Å². The topological polar surface area (TPSA) is 28.7 Å². The number of hydrogen-bond donors (Lipinski definition) is 1. The minimum atomic E-state index is 0.591. The number of nitrogens with one attached hydrogen (secondary N) is 1. The lowest BCUT2D eigenvalue weighted by atomic mass is 10.2. The zero-order valence-electron chi connectivity index (χ0n) is 6.75. The maximum Gasteiger partial charge on any atom is 0.176 e. The molecule has 0 unspecified atom stereocenters. The van der Waals surface area contributed by atoms with Crippen LogP contribution in [0.5, 0.6) is 0 Å². The van der Waals surface area contributed by atoms with Crippen LogP contribution in [0.2, 0.25) is 10.0 Å². The normalized spacial score (nSPS) is 10.4. The molecule has 72 valence electrons. The lowest BCUT2D eigenvalue weighted by Gasteiger charge is -1.97. The third-order valence-corrected chi connectivity index (χ3v) is 3.12. The molecule has 2 nitrogen and oxygen atoms in total. The maximum atomic E-state index is 5.86. The zero-order chi connectivity index (χ0) is 10.1. The van der Waals surface area contributed by atoms with Gasteiger partial charge in [-0.15, -0.1) is 0 Å². The fourth-order valence-corrected chi connectivity index (χ4v) is 2.43. The maximum absolute atomic E-state index is 5.86.